The molecule has 82 valence electrons. The minimum absolute atomic E-state index is 0. The molecule has 0 radical (unpaired) electrons. The van der Waals surface area contributed by atoms with Crippen LogP contribution in [0, 0.1) is 0 Å². The van der Waals surface area contributed by atoms with Gasteiger partial charge in [-0.2, -0.15) is 0 Å². The van der Waals surface area contributed by atoms with Gasteiger partial charge in [0, 0.05) is 0 Å². The normalized spacial score (nSPS) is 11.0. The van der Waals surface area contributed by atoms with Crippen LogP contribution in [0.25, 0.3) is 0 Å². The van der Waals surface area contributed by atoms with Crippen LogP contribution < -0.4 is 5.73 Å². The van der Waals surface area contributed by atoms with E-state index in [1.807, 2.05) is 6.92 Å². The fraction of sp³-hybridized carbons (Fsp3) is 0.429. The lowest BCUT2D eigenvalue weighted by Crippen LogP contribution is -2.10. The number of hydrogen-bond acceptors (Lipinski definition) is 3. The Labute approximate surface area is 93.9 Å². The Balaban J connectivity index is 0. The van der Waals surface area contributed by atoms with Gasteiger partial charge >= 0.3 is 5.97 Å². The Morgan fingerprint density at radius 3 is 2.64 bits per heavy atom. The van der Waals surface area contributed by atoms with Gasteiger partial charge in [0.15, 0.2) is 0 Å². The maximum absolute atomic E-state index is 10.4. The van der Waals surface area contributed by atoms with Gasteiger partial charge in [0.2, 0.25) is 0 Å². The molecule has 1 atom stereocenters. The van der Waals surface area contributed by atoms with Crippen molar-refractivity contribution in [3.63, 3.8) is 0 Å². The topological polar surface area (TPSA) is 92.0 Å². The minimum atomic E-state index is -1.02. The molecule has 0 bridgehead atoms. The Kier molecular flexibility index (Phi) is 7.44. The number of hydrogen-bond donors (Lipinski definition) is 3. The first-order chi connectivity index (χ1) is 5.65. The monoisotopic (exact) mass is 241 g/mol. The number of nitrogens with zero attached hydrogens (tertiary/aromatic N) is 1. The largest absolute Gasteiger partial charge is 0.477 e. The molecule has 0 fully saturated rings. The zero-order valence-corrected chi connectivity index (χ0v) is 9.19. The Bertz CT molecular complexity index is 290. The number of carbonyl (C=O) groups is 1. The summed E-state index contributed by atoms with van der Waals surface area (Å²) >= 11 is 0. The summed E-state index contributed by atoms with van der Waals surface area (Å²) in [5.74, 6) is -0.494. The van der Waals surface area contributed by atoms with Crippen molar-refractivity contribution in [3.8, 4) is 0 Å². The van der Waals surface area contributed by atoms with Crippen molar-refractivity contribution in [2.24, 2.45) is 5.73 Å². The van der Waals surface area contributed by atoms with E-state index in [2.05, 4.69) is 9.97 Å². The number of imidazole rings is 1. The van der Waals surface area contributed by atoms with Crippen LogP contribution in [0.3, 0.4) is 0 Å². The number of carboxylic acid groups (broad SMARTS) is 1. The van der Waals surface area contributed by atoms with E-state index >= 15 is 0 Å². The van der Waals surface area contributed by atoms with Crippen molar-refractivity contribution in [1.29, 1.82) is 0 Å². The summed E-state index contributed by atoms with van der Waals surface area (Å²) in [6, 6.07) is -0.210. The molecule has 0 aromatic carbocycles. The van der Waals surface area contributed by atoms with Crippen LogP contribution in [-0.2, 0) is 0 Å². The number of nitrogens with two attached hydrogens (primary N) is 1. The third-order valence-electron chi connectivity index (χ3n) is 1.62. The first-order valence-electron chi connectivity index (χ1n) is 3.69. The van der Waals surface area contributed by atoms with Crippen molar-refractivity contribution in [2.75, 3.05) is 0 Å². The van der Waals surface area contributed by atoms with E-state index in [0.717, 1.165) is 6.42 Å². The van der Waals surface area contributed by atoms with Gasteiger partial charge in [-0.05, 0) is 6.42 Å². The predicted octanol–water partition coefficient (Wildman–Crippen LogP) is 1.36. The van der Waals surface area contributed by atoms with Crippen molar-refractivity contribution in [2.45, 2.75) is 19.4 Å². The first-order valence-corrected chi connectivity index (χ1v) is 3.69. The number of carboxylic acids is 1. The number of H-pyrrole nitrogens is 1. The molecule has 0 aliphatic rings. The van der Waals surface area contributed by atoms with Crippen molar-refractivity contribution < 1.29 is 9.90 Å². The molecule has 14 heavy (non-hydrogen) atoms. The number of aromatic carboxylic acids is 1. The maximum atomic E-state index is 10.4. The quantitative estimate of drug-likeness (QED) is 0.746. The number of rotatable bonds is 3. The molecule has 0 saturated heterocycles. The lowest BCUT2D eigenvalue weighted by atomic mass is 10.2. The third kappa shape index (κ3) is 3.53. The van der Waals surface area contributed by atoms with Crippen LogP contribution in [-0.4, -0.2) is 21.0 Å². The van der Waals surface area contributed by atoms with E-state index in [9.17, 15) is 4.79 Å². The van der Waals surface area contributed by atoms with E-state index in [0.29, 0.717) is 5.82 Å². The summed E-state index contributed by atoms with van der Waals surface area (Å²) < 4.78 is 0. The maximum Gasteiger partial charge on any atom is 0.353 e. The molecular formula is C7H13Cl2N3O2. The van der Waals surface area contributed by atoms with Gasteiger partial charge in [-0.1, -0.05) is 6.92 Å². The number of halogens is 2. The van der Waals surface area contributed by atoms with Gasteiger partial charge in [0.1, 0.15) is 11.5 Å². The van der Waals surface area contributed by atoms with Crippen LogP contribution in [0.2, 0.25) is 0 Å². The first kappa shape index (κ1) is 15.7. The second-order valence-electron chi connectivity index (χ2n) is 2.50. The van der Waals surface area contributed by atoms with Gasteiger partial charge < -0.3 is 15.8 Å². The average Bonchev–Trinajstić information content (AvgIpc) is 2.51. The average molecular weight is 242 g/mol. The van der Waals surface area contributed by atoms with E-state index < -0.39 is 5.97 Å². The highest BCUT2D eigenvalue weighted by Gasteiger charge is 2.10. The van der Waals surface area contributed by atoms with Crippen molar-refractivity contribution in [1.82, 2.24) is 9.97 Å². The zero-order valence-electron chi connectivity index (χ0n) is 7.56. The number of aromatic nitrogens is 2. The van der Waals surface area contributed by atoms with Crippen LogP contribution in [0.1, 0.15) is 35.7 Å². The van der Waals surface area contributed by atoms with Gasteiger partial charge in [0.25, 0.3) is 0 Å². The molecule has 0 spiro atoms. The van der Waals surface area contributed by atoms with Crippen LogP contribution in [0.15, 0.2) is 6.20 Å². The second kappa shape index (κ2) is 6.64. The fourth-order valence-corrected chi connectivity index (χ4v) is 0.827. The molecule has 1 aromatic heterocycles. The molecule has 5 nitrogen and oxygen atoms in total. The van der Waals surface area contributed by atoms with E-state index in [-0.39, 0.29) is 36.5 Å². The molecule has 0 saturated carbocycles. The van der Waals surface area contributed by atoms with Gasteiger partial charge in [-0.15, -0.1) is 24.8 Å². The molecule has 0 amide bonds. The third-order valence-corrected chi connectivity index (χ3v) is 1.62. The molecule has 1 rings (SSSR count). The van der Waals surface area contributed by atoms with Gasteiger partial charge in [-0.25, -0.2) is 9.78 Å². The van der Waals surface area contributed by atoms with Crippen LogP contribution in [0.4, 0.5) is 0 Å². The lowest BCUT2D eigenvalue weighted by Gasteiger charge is -2.02. The Morgan fingerprint density at radius 2 is 2.29 bits per heavy atom. The Morgan fingerprint density at radius 1 is 1.71 bits per heavy atom. The van der Waals surface area contributed by atoms with E-state index in [1.54, 1.807) is 0 Å². The fourth-order valence-electron chi connectivity index (χ4n) is 0.827. The lowest BCUT2D eigenvalue weighted by molar-refractivity contribution is 0.0691. The summed E-state index contributed by atoms with van der Waals surface area (Å²) in [6.07, 6.45) is 2.00. The summed E-state index contributed by atoms with van der Waals surface area (Å²) in [5, 5.41) is 8.54. The smallest absolute Gasteiger partial charge is 0.353 e. The minimum Gasteiger partial charge on any atom is -0.477 e. The van der Waals surface area contributed by atoms with Gasteiger partial charge in [-0.3, -0.25) is 0 Å². The Hall–Kier alpha value is -0.780. The highest BCUT2D eigenvalue weighted by atomic mass is 35.5. The highest BCUT2D eigenvalue weighted by molar-refractivity contribution is 5.85. The molecule has 0 aliphatic carbocycles. The van der Waals surface area contributed by atoms with Crippen molar-refractivity contribution >= 4 is 30.8 Å². The second-order valence-corrected chi connectivity index (χ2v) is 2.50. The molecule has 1 unspecified atom stereocenters. The molecule has 4 N–H and O–H groups in total. The zero-order chi connectivity index (χ0) is 9.14. The highest BCUT2D eigenvalue weighted by Crippen LogP contribution is 2.08. The SMILES string of the molecule is CCC(N)c1ncc(C(=O)O)[nH]1.Cl.Cl. The summed E-state index contributed by atoms with van der Waals surface area (Å²) in [6.45, 7) is 1.91. The predicted molar refractivity (Wildman–Crippen MR) is 57.3 cm³/mol. The van der Waals surface area contributed by atoms with Crippen LogP contribution >= 0.6 is 24.8 Å². The molecule has 7 heteroatoms. The van der Waals surface area contributed by atoms with E-state index in [4.69, 9.17) is 10.8 Å². The van der Waals surface area contributed by atoms with Crippen molar-refractivity contribution in [3.05, 3.63) is 17.7 Å². The summed E-state index contributed by atoms with van der Waals surface area (Å²) in [4.78, 5) is 16.9. The molecular weight excluding hydrogens is 229 g/mol. The summed E-state index contributed by atoms with van der Waals surface area (Å²) in [7, 11) is 0. The van der Waals surface area contributed by atoms with E-state index in [1.165, 1.54) is 6.20 Å². The van der Waals surface area contributed by atoms with Gasteiger partial charge in [0.05, 0.1) is 12.2 Å². The number of nitrogens with one attached hydrogen (secondary N) is 1. The standard InChI is InChI=1S/C7H11N3O2.2ClH/c1-2-4(8)6-9-3-5(10-6)7(11)12;;/h3-4H,2,8H2,1H3,(H,9,10)(H,11,12);2*1H. The summed E-state index contributed by atoms with van der Waals surface area (Å²) in [5.41, 5.74) is 5.70. The number of aromatic amines is 1. The van der Waals surface area contributed by atoms with Crippen LogP contribution in [0.5, 0.6) is 0 Å². The molecule has 1 aromatic rings. The molecule has 1 heterocycles. The molecule has 0 aliphatic heterocycles.